The van der Waals surface area contributed by atoms with Crippen molar-refractivity contribution in [2.24, 2.45) is 0 Å². The second kappa shape index (κ2) is 7.01. The summed E-state index contributed by atoms with van der Waals surface area (Å²) in [4.78, 5) is 16.5. The molecule has 0 aliphatic carbocycles. The van der Waals surface area contributed by atoms with Crippen LogP contribution in [0.1, 0.15) is 10.4 Å². The molecule has 0 atom stereocenters. The average Bonchev–Trinajstić information content (AvgIpc) is 3.09. The van der Waals surface area contributed by atoms with Gasteiger partial charge in [-0.1, -0.05) is 17.8 Å². The standard InChI is InChI=1S/C18H12FN5OS/c19-13-6-4-12(5-7-13)16(25)11-26-18-22-21-17-9-8-15(23-24(17)18)14-3-1-2-10-20-14/h1-10H,11H2. The number of hydrogen-bond acceptors (Lipinski definition) is 6. The van der Waals surface area contributed by atoms with E-state index in [2.05, 4.69) is 20.3 Å². The summed E-state index contributed by atoms with van der Waals surface area (Å²) in [6.07, 6.45) is 1.70. The molecule has 4 rings (SSSR count). The minimum Gasteiger partial charge on any atom is -0.293 e. The number of carbonyl (C=O) groups is 1. The number of pyridine rings is 1. The van der Waals surface area contributed by atoms with Gasteiger partial charge >= 0.3 is 0 Å². The molecule has 6 nitrogen and oxygen atoms in total. The molecule has 0 aliphatic rings. The Morgan fingerprint density at radius 2 is 1.85 bits per heavy atom. The third-order valence-electron chi connectivity index (χ3n) is 3.66. The highest BCUT2D eigenvalue weighted by atomic mass is 32.2. The van der Waals surface area contributed by atoms with Crippen LogP contribution in [-0.4, -0.2) is 36.3 Å². The van der Waals surface area contributed by atoms with Gasteiger partial charge in [0.1, 0.15) is 11.5 Å². The summed E-state index contributed by atoms with van der Waals surface area (Å²) >= 11 is 1.23. The Hall–Kier alpha value is -3.13. The third kappa shape index (κ3) is 3.31. The summed E-state index contributed by atoms with van der Waals surface area (Å²) in [6.45, 7) is 0. The molecule has 0 N–H and O–H groups in total. The highest BCUT2D eigenvalue weighted by Gasteiger charge is 2.13. The fourth-order valence-corrected chi connectivity index (χ4v) is 3.14. The number of fused-ring (bicyclic) bond motifs is 1. The van der Waals surface area contributed by atoms with Gasteiger partial charge in [-0.3, -0.25) is 9.78 Å². The molecule has 0 bridgehead atoms. The van der Waals surface area contributed by atoms with Crippen LogP contribution in [0, 0.1) is 5.82 Å². The molecule has 0 saturated carbocycles. The van der Waals surface area contributed by atoms with Crippen LogP contribution in [0.4, 0.5) is 4.39 Å². The second-order valence-corrected chi connectivity index (χ2v) is 6.35. The van der Waals surface area contributed by atoms with E-state index < -0.39 is 0 Å². The summed E-state index contributed by atoms with van der Waals surface area (Å²) in [5.41, 5.74) is 2.46. The van der Waals surface area contributed by atoms with Gasteiger partial charge in [0.15, 0.2) is 11.4 Å². The summed E-state index contributed by atoms with van der Waals surface area (Å²) in [5.74, 6) is -0.335. The molecular formula is C18H12FN5OS. The van der Waals surface area contributed by atoms with Crippen LogP contribution in [-0.2, 0) is 0 Å². The smallest absolute Gasteiger partial charge is 0.212 e. The number of nitrogens with zero attached hydrogens (tertiary/aromatic N) is 5. The van der Waals surface area contributed by atoms with Gasteiger partial charge in [-0.25, -0.2) is 4.39 Å². The number of benzene rings is 1. The first-order valence-electron chi connectivity index (χ1n) is 7.76. The highest BCUT2D eigenvalue weighted by Crippen LogP contribution is 2.20. The molecule has 0 spiro atoms. The molecule has 128 valence electrons. The lowest BCUT2D eigenvalue weighted by Gasteiger charge is -2.03. The van der Waals surface area contributed by atoms with Gasteiger partial charge in [-0.05, 0) is 48.5 Å². The van der Waals surface area contributed by atoms with Crippen molar-refractivity contribution in [1.29, 1.82) is 0 Å². The van der Waals surface area contributed by atoms with Crippen LogP contribution in [0.5, 0.6) is 0 Å². The number of Topliss-reactive ketones (excluding diaryl/α,β-unsaturated/α-hetero) is 1. The largest absolute Gasteiger partial charge is 0.293 e. The summed E-state index contributed by atoms with van der Waals surface area (Å²) < 4.78 is 14.5. The SMILES string of the molecule is O=C(CSc1nnc2ccc(-c3ccccn3)nn12)c1ccc(F)cc1. The fraction of sp³-hybridized carbons (Fsp3) is 0.0556. The predicted molar refractivity (Wildman–Crippen MR) is 95.5 cm³/mol. The van der Waals surface area contributed by atoms with E-state index in [1.165, 1.54) is 36.0 Å². The van der Waals surface area contributed by atoms with Gasteiger partial charge in [0, 0.05) is 11.8 Å². The predicted octanol–water partition coefficient (Wildman–Crippen LogP) is 3.30. The van der Waals surface area contributed by atoms with E-state index in [9.17, 15) is 9.18 Å². The van der Waals surface area contributed by atoms with Crippen molar-refractivity contribution >= 4 is 23.2 Å². The van der Waals surface area contributed by atoms with E-state index in [0.717, 1.165) is 5.69 Å². The van der Waals surface area contributed by atoms with Crippen LogP contribution >= 0.6 is 11.8 Å². The van der Waals surface area contributed by atoms with Crippen molar-refractivity contribution in [3.63, 3.8) is 0 Å². The van der Waals surface area contributed by atoms with Gasteiger partial charge < -0.3 is 0 Å². The number of carbonyl (C=O) groups excluding carboxylic acids is 1. The number of ketones is 1. The molecule has 1 aromatic carbocycles. The molecule has 0 unspecified atom stereocenters. The van der Waals surface area contributed by atoms with Gasteiger partial charge in [0.2, 0.25) is 5.16 Å². The molecule has 0 saturated heterocycles. The number of aromatic nitrogens is 5. The van der Waals surface area contributed by atoms with Crippen molar-refractivity contribution in [2.45, 2.75) is 5.16 Å². The van der Waals surface area contributed by atoms with Crippen molar-refractivity contribution in [3.8, 4) is 11.4 Å². The van der Waals surface area contributed by atoms with E-state index in [-0.39, 0.29) is 17.4 Å². The maximum atomic E-state index is 13.0. The highest BCUT2D eigenvalue weighted by molar-refractivity contribution is 7.99. The number of rotatable bonds is 5. The average molecular weight is 365 g/mol. The summed E-state index contributed by atoms with van der Waals surface area (Å²) in [5, 5.41) is 13.2. The lowest BCUT2D eigenvalue weighted by molar-refractivity contribution is 0.102. The Balaban J connectivity index is 1.57. The van der Waals surface area contributed by atoms with Gasteiger partial charge in [-0.2, -0.15) is 9.61 Å². The number of hydrogen-bond donors (Lipinski definition) is 0. The Bertz CT molecular complexity index is 1070. The Labute approximate surface area is 152 Å². The summed E-state index contributed by atoms with van der Waals surface area (Å²) in [7, 11) is 0. The third-order valence-corrected chi connectivity index (χ3v) is 4.58. The monoisotopic (exact) mass is 365 g/mol. The zero-order valence-electron chi connectivity index (χ0n) is 13.4. The first kappa shape index (κ1) is 16.3. The molecule has 4 aromatic rings. The molecular weight excluding hydrogens is 353 g/mol. The van der Waals surface area contributed by atoms with Crippen molar-refractivity contribution in [3.05, 3.63) is 72.2 Å². The number of thioether (sulfide) groups is 1. The Kier molecular flexibility index (Phi) is 4.40. The van der Waals surface area contributed by atoms with Crippen LogP contribution < -0.4 is 0 Å². The zero-order chi connectivity index (χ0) is 17.9. The Morgan fingerprint density at radius 1 is 1.00 bits per heavy atom. The van der Waals surface area contributed by atoms with Crippen molar-refractivity contribution < 1.29 is 9.18 Å². The first-order valence-corrected chi connectivity index (χ1v) is 8.75. The molecule has 26 heavy (non-hydrogen) atoms. The molecule has 0 radical (unpaired) electrons. The maximum absolute atomic E-state index is 13.0. The molecule has 0 amide bonds. The second-order valence-electron chi connectivity index (χ2n) is 5.40. The van der Waals surface area contributed by atoms with Gasteiger partial charge in [0.05, 0.1) is 11.4 Å². The maximum Gasteiger partial charge on any atom is 0.212 e. The van der Waals surface area contributed by atoms with Crippen molar-refractivity contribution in [2.75, 3.05) is 5.75 Å². The van der Waals surface area contributed by atoms with Gasteiger partial charge in [0.25, 0.3) is 0 Å². The number of halogens is 1. The van der Waals surface area contributed by atoms with Crippen LogP contribution in [0.3, 0.4) is 0 Å². The van der Waals surface area contributed by atoms with E-state index in [4.69, 9.17) is 0 Å². The van der Waals surface area contributed by atoms with E-state index >= 15 is 0 Å². The molecule has 3 aromatic heterocycles. The molecule has 0 fully saturated rings. The quantitative estimate of drug-likeness (QED) is 0.399. The topological polar surface area (TPSA) is 73.0 Å². The first-order chi connectivity index (χ1) is 12.7. The molecule has 3 heterocycles. The van der Waals surface area contributed by atoms with Crippen LogP contribution in [0.15, 0.2) is 66.0 Å². The minimum absolute atomic E-state index is 0.118. The zero-order valence-corrected chi connectivity index (χ0v) is 14.2. The van der Waals surface area contributed by atoms with Crippen molar-refractivity contribution in [1.82, 2.24) is 24.8 Å². The van der Waals surface area contributed by atoms with E-state index in [1.807, 2.05) is 24.3 Å². The normalized spacial score (nSPS) is 11.0. The van der Waals surface area contributed by atoms with Gasteiger partial charge in [-0.15, -0.1) is 10.2 Å². The van der Waals surface area contributed by atoms with E-state index in [1.54, 1.807) is 16.8 Å². The Morgan fingerprint density at radius 3 is 2.62 bits per heavy atom. The van der Waals surface area contributed by atoms with Crippen LogP contribution in [0.2, 0.25) is 0 Å². The fourth-order valence-electron chi connectivity index (χ4n) is 2.36. The lowest BCUT2D eigenvalue weighted by Crippen LogP contribution is -2.04. The van der Waals surface area contributed by atoms with E-state index in [0.29, 0.717) is 22.1 Å². The lowest BCUT2D eigenvalue weighted by atomic mass is 10.1. The molecule has 8 heteroatoms. The van der Waals surface area contributed by atoms with Crippen LogP contribution in [0.25, 0.3) is 17.0 Å². The molecule has 0 aliphatic heterocycles. The summed E-state index contributed by atoms with van der Waals surface area (Å²) in [6, 6.07) is 14.7. The minimum atomic E-state index is -0.371.